The fourth-order valence-electron chi connectivity index (χ4n) is 3.40. The fourth-order valence-corrected chi connectivity index (χ4v) is 3.66. The molecule has 0 radical (unpaired) electrons. The average Bonchev–Trinajstić information content (AvgIpc) is 3.13. The van der Waals surface area contributed by atoms with Crippen LogP contribution in [0.5, 0.6) is 0 Å². The molecule has 144 valence electrons. The predicted octanol–water partition coefficient (Wildman–Crippen LogP) is 5.87. The molecule has 0 aromatic heterocycles. The van der Waals surface area contributed by atoms with Gasteiger partial charge in [-0.15, -0.1) is 0 Å². The zero-order valence-electron chi connectivity index (χ0n) is 15.4. The third-order valence-electron chi connectivity index (χ3n) is 4.75. The van der Waals surface area contributed by atoms with Crippen LogP contribution >= 0.6 is 23.2 Å². The Balaban J connectivity index is 1.88. The molecule has 0 amide bonds. The van der Waals surface area contributed by atoms with E-state index in [1.807, 2.05) is 30.3 Å². The van der Waals surface area contributed by atoms with Crippen molar-refractivity contribution in [3.8, 4) is 0 Å². The highest BCUT2D eigenvalue weighted by Crippen LogP contribution is 2.41. The number of hydrogen-bond acceptors (Lipinski definition) is 3. The second-order valence-corrected chi connectivity index (χ2v) is 7.41. The zero-order valence-corrected chi connectivity index (χ0v) is 16.9. The van der Waals surface area contributed by atoms with Crippen molar-refractivity contribution in [3.05, 3.63) is 87.4 Å². The fraction of sp³-hybridized carbons (Fsp3) is 0.217. The van der Waals surface area contributed by atoms with E-state index in [0.717, 1.165) is 11.1 Å². The van der Waals surface area contributed by atoms with Gasteiger partial charge in [0, 0.05) is 21.5 Å². The van der Waals surface area contributed by atoms with Gasteiger partial charge < -0.3 is 4.74 Å². The minimum Gasteiger partial charge on any atom is -0.463 e. The summed E-state index contributed by atoms with van der Waals surface area (Å²) in [5, 5.41) is 1.26. The Hall–Kier alpha value is -2.36. The molecule has 1 aliphatic carbocycles. The lowest BCUT2D eigenvalue weighted by atomic mass is 9.82. The van der Waals surface area contributed by atoms with Crippen molar-refractivity contribution in [2.24, 2.45) is 5.92 Å². The van der Waals surface area contributed by atoms with E-state index in [0.29, 0.717) is 22.0 Å². The minimum atomic E-state index is -0.580. The second kappa shape index (κ2) is 9.22. The lowest BCUT2D eigenvalue weighted by Gasteiger charge is -2.20. The molecule has 0 spiro atoms. The summed E-state index contributed by atoms with van der Waals surface area (Å²) in [5.74, 6) is -1.27. The predicted molar refractivity (Wildman–Crippen MR) is 113 cm³/mol. The number of benzene rings is 2. The molecule has 0 saturated carbocycles. The first-order valence-corrected chi connectivity index (χ1v) is 9.85. The summed E-state index contributed by atoms with van der Waals surface area (Å²) >= 11 is 11.9. The Labute approximate surface area is 174 Å². The maximum Gasteiger partial charge on any atom is 0.334 e. The standard InChI is InChI=1S/C23H20Cl2O3/c1-2-28-23(27)20-13-12-19(16-6-10-18(25)11-7-16)22(20)21(26)14-5-15-3-8-17(24)9-4-15/h3-11,13-14,19,22H,2,12H2,1H3/b14-5+/t19-,22-/m1/s1. The summed E-state index contributed by atoms with van der Waals surface area (Å²) in [6, 6.07) is 14.6. The zero-order chi connectivity index (χ0) is 20.1. The van der Waals surface area contributed by atoms with Crippen LogP contribution in [0.1, 0.15) is 30.4 Å². The molecule has 2 aromatic rings. The Morgan fingerprint density at radius 3 is 2.25 bits per heavy atom. The van der Waals surface area contributed by atoms with Gasteiger partial charge in [-0.05, 0) is 54.8 Å². The molecule has 0 fully saturated rings. The number of rotatable bonds is 6. The number of carbonyl (C=O) groups excluding carboxylic acids is 2. The molecule has 2 aromatic carbocycles. The van der Waals surface area contributed by atoms with Gasteiger partial charge in [-0.1, -0.05) is 59.6 Å². The number of esters is 1. The maximum absolute atomic E-state index is 13.1. The average molecular weight is 415 g/mol. The summed E-state index contributed by atoms with van der Waals surface area (Å²) in [6.45, 7) is 2.02. The molecule has 1 aliphatic rings. The van der Waals surface area contributed by atoms with E-state index in [2.05, 4.69) is 0 Å². The number of ether oxygens (including phenoxy) is 1. The maximum atomic E-state index is 13.1. The third kappa shape index (κ3) is 4.73. The lowest BCUT2D eigenvalue weighted by molar-refractivity contribution is -0.140. The molecular weight excluding hydrogens is 395 g/mol. The molecule has 3 nitrogen and oxygen atoms in total. The smallest absolute Gasteiger partial charge is 0.334 e. The molecule has 28 heavy (non-hydrogen) atoms. The van der Waals surface area contributed by atoms with E-state index < -0.39 is 11.9 Å². The van der Waals surface area contributed by atoms with Gasteiger partial charge in [-0.25, -0.2) is 4.79 Å². The van der Waals surface area contributed by atoms with Crippen LogP contribution in [0.2, 0.25) is 10.0 Å². The van der Waals surface area contributed by atoms with E-state index in [1.165, 1.54) is 6.08 Å². The highest BCUT2D eigenvalue weighted by molar-refractivity contribution is 6.30. The van der Waals surface area contributed by atoms with Gasteiger partial charge in [-0.2, -0.15) is 0 Å². The SMILES string of the molecule is CCOC(=O)C1=CC[C@H](c2ccc(Cl)cc2)[C@H]1C(=O)/C=C/c1ccc(Cl)cc1. The van der Waals surface area contributed by atoms with Gasteiger partial charge in [-0.3, -0.25) is 4.79 Å². The third-order valence-corrected chi connectivity index (χ3v) is 5.26. The van der Waals surface area contributed by atoms with E-state index in [9.17, 15) is 9.59 Å². The van der Waals surface area contributed by atoms with E-state index in [1.54, 1.807) is 37.3 Å². The normalized spacial score (nSPS) is 18.9. The number of carbonyl (C=O) groups is 2. The second-order valence-electron chi connectivity index (χ2n) is 6.54. The highest BCUT2D eigenvalue weighted by atomic mass is 35.5. The van der Waals surface area contributed by atoms with Crippen LogP contribution in [0.25, 0.3) is 6.08 Å². The van der Waals surface area contributed by atoms with Crippen molar-refractivity contribution in [2.75, 3.05) is 6.61 Å². The topological polar surface area (TPSA) is 43.4 Å². The number of ketones is 1. The Morgan fingerprint density at radius 1 is 1.04 bits per heavy atom. The molecule has 0 aliphatic heterocycles. The van der Waals surface area contributed by atoms with Crippen LogP contribution in [0.3, 0.4) is 0 Å². The Kier molecular flexibility index (Phi) is 6.71. The quantitative estimate of drug-likeness (QED) is 0.438. The largest absolute Gasteiger partial charge is 0.463 e. The Morgan fingerprint density at radius 2 is 1.64 bits per heavy atom. The first kappa shape index (κ1) is 20.4. The van der Waals surface area contributed by atoms with E-state index in [-0.39, 0.29) is 18.3 Å². The summed E-state index contributed by atoms with van der Waals surface area (Å²) in [7, 11) is 0. The molecule has 0 bridgehead atoms. The molecular formula is C23H20Cl2O3. The Bertz CT molecular complexity index is 912. The summed E-state index contributed by atoms with van der Waals surface area (Å²) < 4.78 is 5.17. The van der Waals surface area contributed by atoms with Gasteiger partial charge >= 0.3 is 5.97 Å². The first-order valence-electron chi connectivity index (χ1n) is 9.09. The van der Waals surface area contributed by atoms with Crippen LogP contribution in [-0.4, -0.2) is 18.4 Å². The monoisotopic (exact) mass is 414 g/mol. The van der Waals surface area contributed by atoms with Gasteiger partial charge in [0.15, 0.2) is 5.78 Å². The molecule has 3 rings (SSSR count). The van der Waals surface area contributed by atoms with Crippen molar-refractivity contribution in [3.63, 3.8) is 0 Å². The summed E-state index contributed by atoms with van der Waals surface area (Å²) in [5.41, 5.74) is 2.26. The van der Waals surface area contributed by atoms with Gasteiger partial charge in [0.2, 0.25) is 0 Å². The van der Waals surface area contributed by atoms with Crippen molar-refractivity contribution < 1.29 is 14.3 Å². The van der Waals surface area contributed by atoms with Gasteiger partial charge in [0.05, 0.1) is 12.5 Å². The van der Waals surface area contributed by atoms with Crippen molar-refractivity contribution >= 4 is 41.0 Å². The highest BCUT2D eigenvalue weighted by Gasteiger charge is 2.39. The lowest BCUT2D eigenvalue weighted by Crippen LogP contribution is -2.24. The van der Waals surface area contributed by atoms with Crippen molar-refractivity contribution in [2.45, 2.75) is 19.3 Å². The van der Waals surface area contributed by atoms with E-state index in [4.69, 9.17) is 27.9 Å². The van der Waals surface area contributed by atoms with Gasteiger partial charge in [0.25, 0.3) is 0 Å². The van der Waals surface area contributed by atoms with Crippen molar-refractivity contribution in [1.29, 1.82) is 0 Å². The van der Waals surface area contributed by atoms with Crippen LogP contribution in [0, 0.1) is 5.92 Å². The molecule has 0 unspecified atom stereocenters. The minimum absolute atomic E-state index is 0.126. The summed E-state index contributed by atoms with van der Waals surface area (Å²) in [4.78, 5) is 25.5. The number of allylic oxidation sites excluding steroid dienone is 2. The molecule has 0 N–H and O–H groups in total. The van der Waals surface area contributed by atoms with Crippen LogP contribution < -0.4 is 0 Å². The molecule has 2 atom stereocenters. The molecule has 0 saturated heterocycles. The van der Waals surface area contributed by atoms with Crippen LogP contribution in [-0.2, 0) is 14.3 Å². The number of halogens is 2. The van der Waals surface area contributed by atoms with Crippen LogP contribution in [0.4, 0.5) is 0 Å². The van der Waals surface area contributed by atoms with Gasteiger partial charge in [0.1, 0.15) is 0 Å². The summed E-state index contributed by atoms with van der Waals surface area (Å²) in [6.07, 6.45) is 5.67. The molecule has 0 heterocycles. The number of hydrogen-bond donors (Lipinski definition) is 0. The van der Waals surface area contributed by atoms with E-state index >= 15 is 0 Å². The van der Waals surface area contributed by atoms with Crippen molar-refractivity contribution in [1.82, 2.24) is 0 Å². The van der Waals surface area contributed by atoms with Crippen LogP contribution in [0.15, 0.2) is 66.3 Å². The molecule has 5 heteroatoms. The first-order chi connectivity index (χ1) is 13.5.